The third-order valence-corrected chi connectivity index (χ3v) is 3.15. The number of nitrogens with zero attached hydrogens (tertiary/aromatic N) is 2. The SMILES string of the molecule is Cc1cc(NC(=O)[C@@H](C)Nc2ccc3oc(C)nc3c2)no1. The summed E-state index contributed by atoms with van der Waals surface area (Å²) < 4.78 is 10.3. The van der Waals surface area contributed by atoms with E-state index in [1.165, 1.54) is 0 Å². The van der Waals surface area contributed by atoms with Gasteiger partial charge in [0.25, 0.3) is 0 Å². The highest BCUT2D eigenvalue weighted by Gasteiger charge is 2.15. The summed E-state index contributed by atoms with van der Waals surface area (Å²) in [5, 5.41) is 9.53. The lowest BCUT2D eigenvalue weighted by Crippen LogP contribution is -2.31. The number of aryl methyl sites for hydroxylation is 2. The van der Waals surface area contributed by atoms with Crippen molar-refractivity contribution in [3.63, 3.8) is 0 Å². The maximum absolute atomic E-state index is 12.1. The fourth-order valence-corrected chi connectivity index (χ4v) is 2.11. The molecule has 0 aliphatic carbocycles. The fourth-order valence-electron chi connectivity index (χ4n) is 2.11. The Morgan fingerprint density at radius 3 is 2.82 bits per heavy atom. The van der Waals surface area contributed by atoms with Crippen molar-refractivity contribution in [2.24, 2.45) is 0 Å². The number of benzene rings is 1. The highest BCUT2D eigenvalue weighted by atomic mass is 16.5. The third-order valence-electron chi connectivity index (χ3n) is 3.15. The zero-order valence-electron chi connectivity index (χ0n) is 12.5. The highest BCUT2D eigenvalue weighted by molar-refractivity contribution is 5.95. The average molecular weight is 300 g/mol. The lowest BCUT2D eigenvalue weighted by atomic mass is 10.2. The number of carbonyl (C=O) groups excluding carboxylic acids is 1. The van der Waals surface area contributed by atoms with Gasteiger partial charge in [-0.3, -0.25) is 4.79 Å². The van der Waals surface area contributed by atoms with Crippen LogP contribution in [0.4, 0.5) is 11.5 Å². The number of nitrogens with one attached hydrogen (secondary N) is 2. The van der Waals surface area contributed by atoms with Crippen molar-refractivity contribution in [2.75, 3.05) is 10.6 Å². The summed E-state index contributed by atoms with van der Waals surface area (Å²) in [6.45, 7) is 5.32. The second-order valence-electron chi connectivity index (χ2n) is 5.09. The molecule has 2 heterocycles. The van der Waals surface area contributed by atoms with Crippen LogP contribution in [0.5, 0.6) is 0 Å². The van der Waals surface area contributed by atoms with Crippen molar-refractivity contribution in [1.29, 1.82) is 0 Å². The Kier molecular flexibility index (Phi) is 3.54. The molecule has 7 heteroatoms. The predicted octanol–water partition coefficient (Wildman–Crippen LogP) is 2.87. The van der Waals surface area contributed by atoms with E-state index in [-0.39, 0.29) is 5.91 Å². The first-order chi connectivity index (χ1) is 10.5. The zero-order chi connectivity index (χ0) is 15.7. The smallest absolute Gasteiger partial charge is 0.247 e. The number of hydrogen-bond donors (Lipinski definition) is 2. The summed E-state index contributed by atoms with van der Waals surface area (Å²) in [6.07, 6.45) is 0. The van der Waals surface area contributed by atoms with E-state index in [0.29, 0.717) is 17.5 Å². The molecule has 2 aromatic heterocycles. The van der Waals surface area contributed by atoms with Gasteiger partial charge in [0.15, 0.2) is 17.3 Å². The molecule has 1 atom stereocenters. The van der Waals surface area contributed by atoms with E-state index in [9.17, 15) is 4.79 Å². The van der Waals surface area contributed by atoms with E-state index in [2.05, 4.69) is 20.8 Å². The number of carbonyl (C=O) groups is 1. The van der Waals surface area contributed by atoms with E-state index < -0.39 is 6.04 Å². The van der Waals surface area contributed by atoms with Crippen LogP contribution in [0.1, 0.15) is 18.6 Å². The van der Waals surface area contributed by atoms with Crippen LogP contribution in [0.2, 0.25) is 0 Å². The monoisotopic (exact) mass is 300 g/mol. The Morgan fingerprint density at radius 2 is 2.09 bits per heavy atom. The largest absolute Gasteiger partial charge is 0.441 e. The minimum absolute atomic E-state index is 0.204. The number of aromatic nitrogens is 2. The molecule has 0 saturated heterocycles. The van der Waals surface area contributed by atoms with Crippen LogP contribution in [0.3, 0.4) is 0 Å². The van der Waals surface area contributed by atoms with E-state index in [0.717, 1.165) is 16.8 Å². The number of oxazole rings is 1. The molecule has 22 heavy (non-hydrogen) atoms. The molecule has 1 amide bonds. The quantitative estimate of drug-likeness (QED) is 0.769. The minimum Gasteiger partial charge on any atom is -0.441 e. The van der Waals surface area contributed by atoms with Crippen LogP contribution in [-0.4, -0.2) is 22.1 Å². The molecule has 0 saturated carbocycles. The molecule has 3 aromatic rings. The Bertz CT molecular complexity index is 821. The molecule has 0 spiro atoms. The maximum Gasteiger partial charge on any atom is 0.247 e. The first kappa shape index (κ1) is 14.1. The molecule has 1 aromatic carbocycles. The zero-order valence-corrected chi connectivity index (χ0v) is 12.5. The van der Waals surface area contributed by atoms with Gasteiger partial charge < -0.3 is 19.6 Å². The van der Waals surface area contributed by atoms with E-state index in [4.69, 9.17) is 8.94 Å². The summed E-state index contributed by atoms with van der Waals surface area (Å²) in [4.78, 5) is 16.4. The topological polar surface area (TPSA) is 93.2 Å². The summed E-state index contributed by atoms with van der Waals surface area (Å²) in [7, 11) is 0. The van der Waals surface area contributed by atoms with Crippen molar-refractivity contribution >= 4 is 28.5 Å². The summed E-state index contributed by atoms with van der Waals surface area (Å²) in [6, 6.07) is 6.73. The third kappa shape index (κ3) is 2.93. The van der Waals surface area contributed by atoms with Gasteiger partial charge in [0.1, 0.15) is 17.3 Å². The first-order valence-corrected chi connectivity index (χ1v) is 6.89. The van der Waals surface area contributed by atoms with Crippen LogP contribution in [0.25, 0.3) is 11.1 Å². The van der Waals surface area contributed by atoms with Gasteiger partial charge in [-0.25, -0.2) is 4.98 Å². The second kappa shape index (κ2) is 5.51. The number of hydrogen-bond acceptors (Lipinski definition) is 6. The van der Waals surface area contributed by atoms with Crippen LogP contribution < -0.4 is 10.6 Å². The molecule has 0 unspecified atom stereocenters. The van der Waals surface area contributed by atoms with Crippen molar-refractivity contribution in [3.8, 4) is 0 Å². The van der Waals surface area contributed by atoms with Gasteiger partial charge >= 0.3 is 0 Å². The standard InChI is InChI=1S/C15H16N4O3/c1-8-6-14(19-22-8)18-15(20)9(2)16-11-4-5-13-12(7-11)17-10(3)21-13/h4-7,9,16H,1-3H3,(H,18,19,20)/t9-/m1/s1. The minimum atomic E-state index is -0.442. The van der Waals surface area contributed by atoms with Gasteiger partial charge in [-0.2, -0.15) is 0 Å². The molecule has 3 rings (SSSR count). The molecule has 0 aliphatic heterocycles. The number of fused-ring (bicyclic) bond motifs is 1. The van der Waals surface area contributed by atoms with Crippen molar-refractivity contribution in [2.45, 2.75) is 26.8 Å². The number of amides is 1. The Hall–Kier alpha value is -2.83. The average Bonchev–Trinajstić information content (AvgIpc) is 3.03. The van der Waals surface area contributed by atoms with E-state index in [1.54, 1.807) is 26.8 Å². The lowest BCUT2D eigenvalue weighted by molar-refractivity contribution is -0.116. The summed E-state index contributed by atoms with van der Waals surface area (Å²) >= 11 is 0. The van der Waals surface area contributed by atoms with Crippen molar-refractivity contribution in [3.05, 3.63) is 35.9 Å². The van der Waals surface area contributed by atoms with Gasteiger partial charge in [0.2, 0.25) is 5.91 Å². The van der Waals surface area contributed by atoms with Crippen molar-refractivity contribution < 1.29 is 13.7 Å². The van der Waals surface area contributed by atoms with Crippen LogP contribution in [-0.2, 0) is 4.79 Å². The van der Waals surface area contributed by atoms with Crippen LogP contribution in [0, 0.1) is 13.8 Å². The molecule has 7 nitrogen and oxygen atoms in total. The fraction of sp³-hybridized carbons (Fsp3) is 0.267. The molecular weight excluding hydrogens is 284 g/mol. The Morgan fingerprint density at radius 1 is 1.27 bits per heavy atom. The molecule has 0 radical (unpaired) electrons. The van der Waals surface area contributed by atoms with E-state index >= 15 is 0 Å². The van der Waals surface area contributed by atoms with Crippen LogP contribution >= 0.6 is 0 Å². The molecule has 0 bridgehead atoms. The van der Waals surface area contributed by atoms with Crippen molar-refractivity contribution in [1.82, 2.24) is 10.1 Å². The first-order valence-electron chi connectivity index (χ1n) is 6.89. The summed E-state index contributed by atoms with van der Waals surface area (Å²) in [5.74, 6) is 1.45. The van der Waals surface area contributed by atoms with E-state index in [1.807, 2.05) is 18.2 Å². The number of anilines is 2. The molecule has 0 aliphatic rings. The van der Waals surface area contributed by atoms with Gasteiger partial charge in [-0.1, -0.05) is 5.16 Å². The Balaban J connectivity index is 1.68. The molecular formula is C15H16N4O3. The van der Waals surface area contributed by atoms with Gasteiger partial charge in [0, 0.05) is 18.7 Å². The highest BCUT2D eigenvalue weighted by Crippen LogP contribution is 2.20. The molecule has 2 N–H and O–H groups in total. The normalized spacial score (nSPS) is 12.3. The maximum atomic E-state index is 12.1. The lowest BCUT2D eigenvalue weighted by Gasteiger charge is -2.13. The number of rotatable bonds is 4. The second-order valence-corrected chi connectivity index (χ2v) is 5.09. The van der Waals surface area contributed by atoms with Crippen LogP contribution in [0.15, 0.2) is 33.2 Å². The van der Waals surface area contributed by atoms with Gasteiger partial charge in [-0.15, -0.1) is 0 Å². The predicted molar refractivity (Wildman–Crippen MR) is 81.7 cm³/mol. The van der Waals surface area contributed by atoms with Gasteiger partial charge in [-0.05, 0) is 32.0 Å². The Labute approximate surface area is 126 Å². The molecule has 114 valence electrons. The van der Waals surface area contributed by atoms with Gasteiger partial charge in [0.05, 0.1) is 0 Å². The molecule has 0 fully saturated rings. The summed E-state index contributed by atoms with van der Waals surface area (Å²) in [5.41, 5.74) is 2.26.